The number of nitrogens with one attached hydrogen (secondary N) is 1. The molecule has 0 saturated heterocycles. The Kier molecular flexibility index (Phi) is 6.36. The van der Waals surface area contributed by atoms with Crippen molar-refractivity contribution in [2.75, 3.05) is 6.54 Å². The lowest BCUT2D eigenvalue weighted by molar-refractivity contribution is -0.126. The van der Waals surface area contributed by atoms with Crippen molar-refractivity contribution in [3.05, 3.63) is 0 Å². The number of Topliss-reactive ketones (excluding diaryl/α,β-unsaturated/α-hetero) is 1. The molecule has 0 aromatic carbocycles. The van der Waals surface area contributed by atoms with E-state index in [9.17, 15) is 9.59 Å². The first-order valence-corrected chi connectivity index (χ1v) is 6.55. The molecule has 0 aromatic heterocycles. The molecule has 0 aromatic rings. The van der Waals surface area contributed by atoms with Crippen molar-refractivity contribution < 1.29 is 14.3 Å². The molecule has 0 aliphatic carbocycles. The second-order valence-corrected chi connectivity index (χ2v) is 6.29. The van der Waals surface area contributed by atoms with Crippen molar-refractivity contribution in [2.24, 2.45) is 17.8 Å². The number of ketones is 1. The fraction of sp³-hybridized carbons (Fsp3) is 0.857. The summed E-state index contributed by atoms with van der Waals surface area (Å²) in [6.07, 6.45) is -0.468. The summed E-state index contributed by atoms with van der Waals surface area (Å²) in [6, 6.07) is 0. The molecule has 0 radical (unpaired) electrons. The van der Waals surface area contributed by atoms with Gasteiger partial charge in [-0.1, -0.05) is 27.7 Å². The van der Waals surface area contributed by atoms with Gasteiger partial charge in [-0.2, -0.15) is 0 Å². The summed E-state index contributed by atoms with van der Waals surface area (Å²) in [6.45, 7) is 13.5. The summed E-state index contributed by atoms with van der Waals surface area (Å²) < 4.78 is 5.15. The van der Waals surface area contributed by atoms with Gasteiger partial charge in [-0.15, -0.1) is 0 Å². The molecule has 4 heteroatoms. The molecule has 0 rings (SSSR count). The van der Waals surface area contributed by atoms with Gasteiger partial charge in [-0.25, -0.2) is 4.79 Å². The normalized spacial score (nSPS) is 13.6. The summed E-state index contributed by atoms with van der Waals surface area (Å²) in [5.74, 6) is 0.214. The Bertz CT molecular complexity index is 290. The molecule has 0 saturated carbocycles. The van der Waals surface area contributed by atoms with Gasteiger partial charge in [0.25, 0.3) is 0 Å². The van der Waals surface area contributed by atoms with Gasteiger partial charge >= 0.3 is 6.09 Å². The van der Waals surface area contributed by atoms with E-state index in [-0.39, 0.29) is 23.5 Å². The molecule has 0 heterocycles. The van der Waals surface area contributed by atoms with Gasteiger partial charge in [0.15, 0.2) is 0 Å². The number of hydrogen-bond donors (Lipinski definition) is 1. The van der Waals surface area contributed by atoms with E-state index < -0.39 is 11.7 Å². The third kappa shape index (κ3) is 6.62. The number of carbonyl (C=O) groups excluding carboxylic acids is 2. The highest BCUT2D eigenvalue weighted by Crippen LogP contribution is 2.16. The second-order valence-electron chi connectivity index (χ2n) is 6.29. The third-order valence-electron chi connectivity index (χ3n) is 2.60. The van der Waals surface area contributed by atoms with Crippen molar-refractivity contribution in [2.45, 2.75) is 54.1 Å². The zero-order chi connectivity index (χ0) is 14.5. The molecular weight excluding hydrogens is 230 g/mol. The summed E-state index contributed by atoms with van der Waals surface area (Å²) in [5.41, 5.74) is -0.514. The highest BCUT2D eigenvalue weighted by Gasteiger charge is 2.25. The molecule has 4 nitrogen and oxygen atoms in total. The standard InChI is InChI=1S/C14H27NO3/c1-9(2)11(12(16)10(3)4)8-15-13(17)18-14(5,6)7/h9-11H,8H2,1-7H3,(H,15,17)/t11-/m0/s1. The first-order valence-electron chi connectivity index (χ1n) is 6.55. The molecule has 0 bridgehead atoms. The van der Waals surface area contributed by atoms with E-state index in [2.05, 4.69) is 5.32 Å². The zero-order valence-corrected chi connectivity index (χ0v) is 12.7. The first-order chi connectivity index (χ1) is 8.04. The summed E-state index contributed by atoms with van der Waals surface area (Å²) in [7, 11) is 0. The number of alkyl carbamates (subject to hydrolysis) is 1. The van der Waals surface area contributed by atoms with Crippen molar-refractivity contribution in [3.8, 4) is 0 Å². The topological polar surface area (TPSA) is 55.4 Å². The fourth-order valence-electron chi connectivity index (χ4n) is 1.60. The fourth-order valence-corrected chi connectivity index (χ4v) is 1.60. The van der Waals surface area contributed by atoms with E-state index >= 15 is 0 Å². The average Bonchev–Trinajstić information content (AvgIpc) is 2.13. The van der Waals surface area contributed by atoms with Crippen molar-refractivity contribution in [1.29, 1.82) is 0 Å². The summed E-state index contributed by atoms with van der Waals surface area (Å²) in [4.78, 5) is 23.5. The largest absolute Gasteiger partial charge is 0.444 e. The van der Waals surface area contributed by atoms with Gasteiger partial charge in [-0.05, 0) is 26.7 Å². The van der Waals surface area contributed by atoms with E-state index in [4.69, 9.17) is 4.74 Å². The minimum atomic E-state index is -0.514. The Hall–Kier alpha value is -1.06. The minimum Gasteiger partial charge on any atom is -0.444 e. The number of hydrogen-bond acceptors (Lipinski definition) is 3. The Labute approximate surface area is 110 Å². The van der Waals surface area contributed by atoms with Crippen LogP contribution in [0.2, 0.25) is 0 Å². The van der Waals surface area contributed by atoms with Gasteiger partial charge in [0, 0.05) is 18.4 Å². The molecule has 0 aliphatic heterocycles. The summed E-state index contributed by atoms with van der Waals surface area (Å²) >= 11 is 0. The molecule has 1 amide bonds. The SMILES string of the molecule is CC(C)C(=O)[C@@H](CNC(=O)OC(C)(C)C)C(C)C. The van der Waals surface area contributed by atoms with Crippen LogP contribution in [0.15, 0.2) is 0 Å². The Morgan fingerprint density at radius 2 is 1.61 bits per heavy atom. The molecule has 0 fully saturated rings. The minimum absolute atomic E-state index is 0.0159. The highest BCUT2D eigenvalue weighted by molar-refractivity contribution is 5.83. The average molecular weight is 257 g/mol. The maximum absolute atomic E-state index is 12.0. The number of ether oxygens (including phenoxy) is 1. The van der Waals surface area contributed by atoms with Crippen LogP contribution in [-0.4, -0.2) is 24.0 Å². The number of carbonyl (C=O) groups is 2. The van der Waals surface area contributed by atoms with E-state index in [1.54, 1.807) is 0 Å². The Morgan fingerprint density at radius 1 is 1.11 bits per heavy atom. The molecule has 1 atom stereocenters. The Morgan fingerprint density at radius 3 is 1.94 bits per heavy atom. The molecule has 0 spiro atoms. The lowest BCUT2D eigenvalue weighted by atomic mass is 9.86. The molecule has 106 valence electrons. The molecule has 0 aliphatic rings. The zero-order valence-electron chi connectivity index (χ0n) is 12.7. The van der Waals surface area contributed by atoms with Crippen LogP contribution in [0.1, 0.15) is 48.5 Å². The van der Waals surface area contributed by atoms with Crippen LogP contribution in [0.25, 0.3) is 0 Å². The van der Waals surface area contributed by atoms with Crippen LogP contribution >= 0.6 is 0 Å². The lowest BCUT2D eigenvalue weighted by Crippen LogP contribution is -2.39. The van der Waals surface area contributed by atoms with E-state index in [0.717, 1.165) is 0 Å². The number of amides is 1. The smallest absolute Gasteiger partial charge is 0.407 e. The molecule has 1 N–H and O–H groups in total. The van der Waals surface area contributed by atoms with E-state index in [1.165, 1.54) is 0 Å². The van der Waals surface area contributed by atoms with Gasteiger partial charge in [0.2, 0.25) is 0 Å². The van der Waals surface area contributed by atoms with E-state index in [1.807, 2.05) is 48.5 Å². The van der Waals surface area contributed by atoms with Crippen molar-refractivity contribution >= 4 is 11.9 Å². The van der Waals surface area contributed by atoms with Gasteiger partial charge in [-0.3, -0.25) is 4.79 Å². The van der Waals surface area contributed by atoms with Crippen LogP contribution in [0, 0.1) is 17.8 Å². The van der Waals surface area contributed by atoms with Crippen LogP contribution < -0.4 is 5.32 Å². The quantitative estimate of drug-likeness (QED) is 0.823. The van der Waals surface area contributed by atoms with Crippen molar-refractivity contribution in [1.82, 2.24) is 5.32 Å². The van der Waals surface area contributed by atoms with Crippen LogP contribution in [0.3, 0.4) is 0 Å². The van der Waals surface area contributed by atoms with Gasteiger partial charge < -0.3 is 10.1 Å². The molecular formula is C14H27NO3. The van der Waals surface area contributed by atoms with E-state index in [0.29, 0.717) is 6.54 Å². The van der Waals surface area contributed by atoms with Crippen LogP contribution in [0.5, 0.6) is 0 Å². The third-order valence-corrected chi connectivity index (χ3v) is 2.60. The predicted molar refractivity (Wildman–Crippen MR) is 72.4 cm³/mol. The van der Waals surface area contributed by atoms with Gasteiger partial charge in [0.1, 0.15) is 11.4 Å². The maximum atomic E-state index is 12.0. The number of rotatable bonds is 5. The van der Waals surface area contributed by atoms with Gasteiger partial charge in [0.05, 0.1) is 0 Å². The lowest BCUT2D eigenvalue weighted by Gasteiger charge is -2.24. The van der Waals surface area contributed by atoms with Crippen LogP contribution in [0.4, 0.5) is 4.79 Å². The first kappa shape index (κ1) is 16.9. The predicted octanol–water partition coefficient (Wildman–Crippen LogP) is 3.01. The molecule has 18 heavy (non-hydrogen) atoms. The Balaban J connectivity index is 4.38. The monoisotopic (exact) mass is 257 g/mol. The summed E-state index contributed by atoms with van der Waals surface area (Å²) in [5, 5.41) is 2.67. The van der Waals surface area contributed by atoms with Crippen molar-refractivity contribution in [3.63, 3.8) is 0 Å². The second kappa shape index (κ2) is 6.76. The maximum Gasteiger partial charge on any atom is 0.407 e. The van der Waals surface area contributed by atoms with Crippen LogP contribution in [-0.2, 0) is 9.53 Å². The highest BCUT2D eigenvalue weighted by atomic mass is 16.6. The molecule has 0 unspecified atom stereocenters.